The molecule has 0 saturated heterocycles. The van der Waals surface area contributed by atoms with Gasteiger partial charge in [-0.05, 0) is 59.3 Å². The third kappa shape index (κ3) is 4.80. The van der Waals surface area contributed by atoms with E-state index in [4.69, 9.17) is 4.74 Å². The molecule has 2 aromatic rings. The van der Waals surface area contributed by atoms with E-state index in [1.165, 1.54) is 5.56 Å². The molecular formula is C15H17IN2O. The summed E-state index contributed by atoms with van der Waals surface area (Å²) in [4.78, 5) is 4.32. The van der Waals surface area contributed by atoms with Crippen LogP contribution in [0.15, 0.2) is 42.6 Å². The zero-order valence-corrected chi connectivity index (χ0v) is 13.1. The highest BCUT2D eigenvalue weighted by atomic mass is 127. The van der Waals surface area contributed by atoms with Gasteiger partial charge in [0.15, 0.2) is 0 Å². The molecule has 0 aliphatic heterocycles. The molecule has 1 heterocycles. The van der Waals surface area contributed by atoms with Crippen molar-refractivity contribution in [1.29, 1.82) is 0 Å². The molecule has 2 rings (SSSR count). The fraction of sp³-hybridized carbons (Fsp3) is 0.267. The maximum atomic E-state index is 5.70. The van der Waals surface area contributed by atoms with Gasteiger partial charge in [0.25, 0.3) is 0 Å². The van der Waals surface area contributed by atoms with Crippen molar-refractivity contribution in [2.75, 3.05) is 6.54 Å². The fourth-order valence-corrected chi connectivity index (χ4v) is 2.15. The first-order valence-corrected chi connectivity index (χ1v) is 7.45. The van der Waals surface area contributed by atoms with Gasteiger partial charge in [0.2, 0.25) is 5.88 Å². The van der Waals surface area contributed by atoms with Gasteiger partial charge in [0.05, 0.1) is 0 Å². The van der Waals surface area contributed by atoms with Crippen molar-refractivity contribution < 1.29 is 4.74 Å². The van der Waals surface area contributed by atoms with E-state index >= 15 is 0 Å². The standard InChI is InChI=1S/C15H17IN2O/c1-2-8-17-10-12-6-7-15(18-11-12)19-14-5-3-4-13(16)9-14/h3-7,9,11,17H,2,8,10H2,1H3. The van der Waals surface area contributed by atoms with Gasteiger partial charge in [0.1, 0.15) is 5.75 Å². The SMILES string of the molecule is CCCNCc1ccc(Oc2cccc(I)c2)nc1. The monoisotopic (exact) mass is 368 g/mol. The van der Waals surface area contributed by atoms with Gasteiger partial charge in [-0.1, -0.05) is 19.1 Å². The minimum Gasteiger partial charge on any atom is -0.439 e. The molecule has 0 bridgehead atoms. The number of nitrogens with zero attached hydrogens (tertiary/aromatic N) is 1. The van der Waals surface area contributed by atoms with Crippen LogP contribution < -0.4 is 10.1 Å². The van der Waals surface area contributed by atoms with Crippen molar-refractivity contribution in [3.63, 3.8) is 0 Å². The summed E-state index contributed by atoms with van der Waals surface area (Å²) in [5.74, 6) is 1.44. The van der Waals surface area contributed by atoms with Crippen LogP contribution in [0.25, 0.3) is 0 Å². The second-order valence-electron chi connectivity index (χ2n) is 4.24. The molecule has 1 aromatic carbocycles. The Morgan fingerprint density at radius 1 is 1.26 bits per heavy atom. The molecule has 0 unspecified atom stereocenters. The number of hydrogen-bond donors (Lipinski definition) is 1. The number of benzene rings is 1. The van der Waals surface area contributed by atoms with Gasteiger partial charge >= 0.3 is 0 Å². The van der Waals surface area contributed by atoms with Gasteiger partial charge in [-0.25, -0.2) is 4.98 Å². The van der Waals surface area contributed by atoms with Gasteiger partial charge in [0, 0.05) is 22.4 Å². The van der Waals surface area contributed by atoms with E-state index in [-0.39, 0.29) is 0 Å². The van der Waals surface area contributed by atoms with Gasteiger partial charge < -0.3 is 10.1 Å². The van der Waals surface area contributed by atoms with Crippen molar-refractivity contribution in [2.45, 2.75) is 19.9 Å². The Balaban J connectivity index is 1.95. The maximum absolute atomic E-state index is 5.70. The van der Waals surface area contributed by atoms with Gasteiger partial charge in [-0.2, -0.15) is 0 Å². The summed E-state index contributed by atoms with van der Waals surface area (Å²) < 4.78 is 6.85. The predicted molar refractivity (Wildman–Crippen MR) is 85.5 cm³/mol. The normalized spacial score (nSPS) is 10.4. The molecule has 0 amide bonds. The predicted octanol–water partition coefficient (Wildman–Crippen LogP) is 3.98. The number of hydrogen-bond acceptors (Lipinski definition) is 3. The molecule has 4 heteroatoms. The highest BCUT2D eigenvalue weighted by Gasteiger charge is 2.00. The quantitative estimate of drug-likeness (QED) is 0.619. The van der Waals surface area contributed by atoms with E-state index in [2.05, 4.69) is 39.8 Å². The lowest BCUT2D eigenvalue weighted by atomic mass is 10.3. The van der Waals surface area contributed by atoms with Crippen molar-refractivity contribution in [3.8, 4) is 11.6 Å². The number of pyridine rings is 1. The van der Waals surface area contributed by atoms with Crippen LogP contribution in [0, 0.1) is 3.57 Å². The second-order valence-corrected chi connectivity index (χ2v) is 5.49. The average molecular weight is 368 g/mol. The number of ether oxygens (including phenoxy) is 1. The number of nitrogens with one attached hydrogen (secondary N) is 1. The summed E-state index contributed by atoms with van der Waals surface area (Å²) in [5, 5.41) is 3.35. The van der Waals surface area contributed by atoms with E-state index in [0.717, 1.165) is 28.8 Å². The van der Waals surface area contributed by atoms with Gasteiger partial charge in [-0.15, -0.1) is 0 Å². The fourth-order valence-electron chi connectivity index (χ4n) is 1.64. The second kappa shape index (κ2) is 7.45. The molecule has 100 valence electrons. The van der Waals surface area contributed by atoms with Crippen molar-refractivity contribution >= 4 is 22.6 Å². The smallest absolute Gasteiger partial charge is 0.219 e. The van der Waals surface area contributed by atoms with E-state index in [9.17, 15) is 0 Å². The number of aromatic nitrogens is 1. The molecule has 1 aromatic heterocycles. The lowest BCUT2D eigenvalue weighted by Crippen LogP contribution is -2.13. The highest BCUT2D eigenvalue weighted by Crippen LogP contribution is 2.21. The maximum Gasteiger partial charge on any atom is 0.219 e. The molecule has 19 heavy (non-hydrogen) atoms. The Morgan fingerprint density at radius 2 is 2.16 bits per heavy atom. The summed E-state index contributed by atoms with van der Waals surface area (Å²) in [7, 11) is 0. The summed E-state index contributed by atoms with van der Waals surface area (Å²) in [6, 6.07) is 11.9. The van der Waals surface area contributed by atoms with Crippen LogP contribution in [-0.4, -0.2) is 11.5 Å². The third-order valence-corrected chi connectivity index (χ3v) is 3.24. The van der Waals surface area contributed by atoms with Crippen LogP contribution in [-0.2, 0) is 6.54 Å². The lowest BCUT2D eigenvalue weighted by Gasteiger charge is -2.06. The molecule has 0 saturated carbocycles. The summed E-state index contributed by atoms with van der Waals surface area (Å²) in [6.07, 6.45) is 2.99. The first kappa shape index (κ1) is 14.3. The Hall–Kier alpha value is -1.14. The number of rotatable bonds is 6. The zero-order valence-electron chi connectivity index (χ0n) is 10.9. The van der Waals surface area contributed by atoms with Gasteiger partial charge in [-0.3, -0.25) is 0 Å². The van der Waals surface area contributed by atoms with Crippen LogP contribution >= 0.6 is 22.6 Å². The summed E-state index contributed by atoms with van der Waals surface area (Å²) >= 11 is 2.26. The van der Waals surface area contributed by atoms with Crippen molar-refractivity contribution in [2.24, 2.45) is 0 Å². The van der Waals surface area contributed by atoms with E-state index in [1.54, 1.807) is 0 Å². The molecular weight excluding hydrogens is 351 g/mol. The molecule has 0 radical (unpaired) electrons. The van der Waals surface area contributed by atoms with Crippen molar-refractivity contribution in [1.82, 2.24) is 10.3 Å². The Morgan fingerprint density at radius 3 is 2.84 bits per heavy atom. The highest BCUT2D eigenvalue weighted by molar-refractivity contribution is 14.1. The Bertz CT molecular complexity index is 514. The van der Waals surface area contributed by atoms with E-state index in [0.29, 0.717) is 5.88 Å². The first-order chi connectivity index (χ1) is 9.28. The Labute approximate surface area is 127 Å². The van der Waals surface area contributed by atoms with Crippen LogP contribution in [0.5, 0.6) is 11.6 Å². The lowest BCUT2D eigenvalue weighted by molar-refractivity contribution is 0.462. The minimum absolute atomic E-state index is 0.626. The third-order valence-electron chi connectivity index (χ3n) is 2.57. The molecule has 0 fully saturated rings. The summed E-state index contributed by atoms with van der Waals surface area (Å²) in [5.41, 5.74) is 1.17. The largest absolute Gasteiger partial charge is 0.439 e. The molecule has 0 aliphatic rings. The van der Waals surface area contributed by atoms with Crippen LogP contribution in [0.1, 0.15) is 18.9 Å². The van der Waals surface area contributed by atoms with Crippen LogP contribution in [0.2, 0.25) is 0 Å². The van der Waals surface area contributed by atoms with E-state index in [1.807, 2.05) is 42.6 Å². The van der Waals surface area contributed by atoms with Crippen molar-refractivity contribution in [3.05, 3.63) is 51.7 Å². The minimum atomic E-state index is 0.626. The summed E-state index contributed by atoms with van der Waals surface area (Å²) in [6.45, 7) is 4.04. The molecule has 0 atom stereocenters. The average Bonchev–Trinajstić information content (AvgIpc) is 2.41. The van der Waals surface area contributed by atoms with Crippen LogP contribution in [0.4, 0.5) is 0 Å². The van der Waals surface area contributed by atoms with Crippen LogP contribution in [0.3, 0.4) is 0 Å². The molecule has 3 nitrogen and oxygen atoms in total. The first-order valence-electron chi connectivity index (χ1n) is 6.37. The molecule has 0 spiro atoms. The zero-order chi connectivity index (χ0) is 13.5. The topological polar surface area (TPSA) is 34.1 Å². The van der Waals surface area contributed by atoms with E-state index < -0.39 is 0 Å². The number of halogens is 1. The molecule has 0 aliphatic carbocycles. The molecule has 1 N–H and O–H groups in total. The Kier molecular flexibility index (Phi) is 5.60.